The first-order valence-electron chi connectivity index (χ1n) is 8.23. The second-order valence-corrected chi connectivity index (χ2v) is 7.51. The van der Waals surface area contributed by atoms with E-state index in [9.17, 15) is 18.8 Å². The van der Waals surface area contributed by atoms with Crippen molar-refractivity contribution in [3.63, 3.8) is 0 Å². The summed E-state index contributed by atoms with van der Waals surface area (Å²) in [5.41, 5.74) is 6.22. The van der Waals surface area contributed by atoms with Crippen LogP contribution in [0.2, 0.25) is 5.02 Å². The first-order chi connectivity index (χ1) is 12.9. The highest BCUT2D eigenvalue weighted by atomic mass is 35.5. The van der Waals surface area contributed by atoms with Gasteiger partial charge in [-0.15, -0.1) is 11.3 Å². The van der Waals surface area contributed by atoms with Crippen molar-refractivity contribution in [1.29, 1.82) is 0 Å². The second-order valence-electron chi connectivity index (χ2n) is 6.00. The monoisotopic (exact) mass is 410 g/mol. The number of amides is 2. The summed E-state index contributed by atoms with van der Waals surface area (Å²) in [5.74, 6) is -3.15. The Morgan fingerprint density at radius 1 is 1.22 bits per heavy atom. The lowest BCUT2D eigenvalue weighted by Crippen LogP contribution is -2.23. The first-order valence-corrected chi connectivity index (χ1v) is 9.43. The Morgan fingerprint density at radius 2 is 1.96 bits per heavy atom. The number of carbonyl (C=O) groups is 3. The Bertz CT molecular complexity index is 908. The standard InChI is InChI=1S/C18H16ClFN2O4S/c19-10-5-3-6-11(20)15(10)18(25)26-8-13(23)22-17-14(16(21)24)9-4-1-2-7-12(9)27-17/h3,5-6H,1-2,4,7-8H2,(H2,21,24)(H,22,23). The van der Waals surface area contributed by atoms with E-state index in [0.29, 0.717) is 10.6 Å². The molecule has 3 N–H and O–H groups in total. The maximum Gasteiger partial charge on any atom is 0.343 e. The van der Waals surface area contributed by atoms with E-state index >= 15 is 0 Å². The van der Waals surface area contributed by atoms with Crippen LogP contribution in [0, 0.1) is 5.82 Å². The highest BCUT2D eigenvalue weighted by Gasteiger charge is 2.25. The van der Waals surface area contributed by atoms with E-state index in [1.54, 1.807) is 0 Å². The van der Waals surface area contributed by atoms with Crippen LogP contribution in [0.5, 0.6) is 0 Å². The van der Waals surface area contributed by atoms with Gasteiger partial charge in [0.25, 0.3) is 11.8 Å². The minimum atomic E-state index is -1.05. The van der Waals surface area contributed by atoms with Crippen molar-refractivity contribution in [1.82, 2.24) is 0 Å². The summed E-state index contributed by atoms with van der Waals surface area (Å²) in [7, 11) is 0. The Morgan fingerprint density at radius 3 is 2.67 bits per heavy atom. The third kappa shape index (κ3) is 4.12. The molecule has 0 saturated heterocycles. The van der Waals surface area contributed by atoms with E-state index in [4.69, 9.17) is 22.1 Å². The molecule has 0 bridgehead atoms. The number of primary amides is 1. The van der Waals surface area contributed by atoms with Gasteiger partial charge in [-0.3, -0.25) is 9.59 Å². The minimum absolute atomic E-state index is 0.109. The zero-order valence-electron chi connectivity index (χ0n) is 14.1. The molecule has 2 aromatic rings. The molecule has 3 rings (SSSR count). The highest BCUT2D eigenvalue weighted by Crippen LogP contribution is 2.37. The molecule has 0 spiro atoms. The van der Waals surface area contributed by atoms with Gasteiger partial charge < -0.3 is 15.8 Å². The molecule has 142 valence electrons. The summed E-state index contributed by atoms with van der Waals surface area (Å²) in [4.78, 5) is 37.0. The van der Waals surface area contributed by atoms with Gasteiger partial charge in [-0.05, 0) is 43.4 Å². The number of thiophene rings is 1. The lowest BCUT2D eigenvalue weighted by molar-refractivity contribution is -0.119. The smallest absolute Gasteiger partial charge is 0.343 e. The Kier molecular flexibility index (Phi) is 5.76. The number of ether oxygens (including phenoxy) is 1. The van der Waals surface area contributed by atoms with E-state index in [1.807, 2.05) is 0 Å². The fraction of sp³-hybridized carbons (Fsp3) is 0.278. The number of aryl methyl sites for hydroxylation is 1. The number of carbonyl (C=O) groups excluding carboxylic acids is 3. The van der Waals surface area contributed by atoms with Crippen molar-refractivity contribution >= 4 is 45.7 Å². The number of hydrogen-bond acceptors (Lipinski definition) is 5. The molecule has 9 heteroatoms. The fourth-order valence-corrected chi connectivity index (χ4v) is 4.52. The number of rotatable bonds is 5. The number of benzene rings is 1. The van der Waals surface area contributed by atoms with Crippen molar-refractivity contribution in [2.45, 2.75) is 25.7 Å². The van der Waals surface area contributed by atoms with Gasteiger partial charge in [-0.1, -0.05) is 17.7 Å². The summed E-state index contributed by atoms with van der Waals surface area (Å²) in [6.07, 6.45) is 3.54. The Hall–Kier alpha value is -2.45. The molecule has 0 atom stereocenters. The summed E-state index contributed by atoms with van der Waals surface area (Å²) in [5, 5.41) is 2.80. The predicted molar refractivity (Wildman–Crippen MR) is 99.8 cm³/mol. The van der Waals surface area contributed by atoms with E-state index in [0.717, 1.165) is 42.2 Å². The van der Waals surface area contributed by atoms with Crippen LogP contribution < -0.4 is 11.1 Å². The molecule has 1 aliphatic rings. The minimum Gasteiger partial charge on any atom is -0.452 e. The summed E-state index contributed by atoms with van der Waals surface area (Å²) in [6.45, 7) is -0.649. The average molecular weight is 411 g/mol. The summed E-state index contributed by atoms with van der Waals surface area (Å²) in [6, 6.07) is 3.76. The summed E-state index contributed by atoms with van der Waals surface area (Å²) < 4.78 is 18.5. The van der Waals surface area contributed by atoms with Gasteiger partial charge >= 0.3 is 5.97 Å². The molecule has 27 heavy (non-hydrogen) atoms. The molecule has 0 radical (unpaired) electrons. The molecule has 1 aromatic carbocycles. The zero-order valence-corrected chi connectivity index (χ0v) is 15.7. The number of hydrogen-bond donors (Lipinski definition) is 2. The maximum absolute atomic E-state index is 13.7. The lowest BCUT2D eigenvalue weighted by atomic mass is 9.95. The molecular formula is C18H16ClFN2O4S. The van der Waals surface area contributed by atoms with E-state index in [2.05, 4.69) is 5.32 Å². The zero-order chi connectivity index (χ0) is 19.6. The molecule has 6 nitrogen and oxygen atoms in total. The number of nitrogens with two attached hydrogens (primary N) is 1. The normalized spacial score (nSPS) is 13.0. The number of halogens is 2. The molecule has 1 aliphatic carbocycles. The molecule has 0 unspecified atom stereocenters. The highest BCUT2D eigenvalue weighted by molar-refractivity contribution is 7.17. The third-order valence-electron chi connectivity index (χ3n) is 4.17. The van der Waals surface area contributed by atoms with E-state index < -0.39 is 35.8 Å². The van der Waals surface area contributed by atoms with Crippen LogP contribution in [0.3, 0.4) is 0 Å². The van der Waals surface area contributed by atoms with Crippen LogP contribution in [0.4, 0.5) is 9.39 Å². The van der Waals surface area contributed by atoms with Crippen LogP contribution in [0.1, 0.15) is 44.0 Å². The number of nitrogens with one attached hydrogen (secondary N) is 1. The third-order valence-corrected chi connectivity index (χ3v) is 5.69. The van der Waals surface area contributed by atoms with Gasteiger partial charge in [-0.2, -0.15) is 0 Å². The molecule has 0 aliphatic heterocycles. The first kappa shape index (κ1) is 19.3. The van der Waals surface area contributed by atoms with Crippen molar-refractivity contribution < 1.29 is 23.5 Å². The van der Waals surface area contributed by atoms with Crippen LogP contribution in [-0.2, 0) is 22.4 Å². The lowest BCUT2D eigenvalue weighted by Gasteiger charge is -2.11. The topological polar surface area (TPSA) is 98.5 Å². The fourth-order valence-electron chi connectivity index (χ4n) is 2.97. The number of esters is 1. The van der Waals surface area contributed by atoms with Crippen molar-refractivity contribution in [2.75, 3.05) is 11.9 Å². The predicted octanol–water partition coefficient (Wildman–Crippen LogP) is 3.31. The average Bonchev–Trinajstić information content (AvgIpc) is 2.97. The molecule has 1 aromatic heterocycles. The maximum atomic E-state index is 13.7. The molecule has 2 amide bonds. The molecular weight excluding hydrogens is 395 g/mol. The van der Waals surface area contributed by atoms with Crippen molar-refractivity contribution in [3.05, 3.63) is 50.6 Å². The van der Waals surface area contributed by atoms with Gasteiger partial charge in [0.15, 0.2) is 6.61 Å². The Labute approximate surface area is 163 Å². The molecule has 1 heterocycles. The molecule has 0 saturated carbocycles. The van der Waals surface area contributed by atoms with E-state index in [1.165, 1.54) is 23.5 Å². The van der Waals surface area contributed by atoms with Crippen molar-refractivity contribution in [2.24, 2.45) is 5.73 Å². The quantitative estimate of drug-likeness (QED) is 0.738. The Balaban J connectivity index is 1.69. The van der Waals surface area contributed by atoms with Crippen LogP contribution in [0.15, 0.2) is 18.2 Å². The molecule has 0 fully saturated rings. The van der Waals surface area contributed by atoms with Gasteiger partial charge in [0.05, 0.1) is 10.6 Å². The van der Waals surface area contributed by atoms with Gasteiger partial charge in [0, 0.05) is 4.88 Å². The number of fused-ring (bicyclic) bond motifs is 1. The van der Waals surface area contributed by atoms with E-state index in [-0.39, 0.29) is 5.02 Å². The second kappa shape index (κ2) is 8.06. The van der Waals surface area contributed by atoms with Gasteiger partial charge in [0.2, 0.25) is 0 Å². The number of anilines is 1. The van der Waals surface area contributed by atoms with Gasteiger partial charge in [-0.25, -0.2) is 9.18 Å². The van der Waals surface area contributed by atoms with Gasteiger partial charge in [0.1, 0.15) is 16.4 Å². The van der Waals surface area contributed by atoms with Crippen LogP contribution >= 0.6 is 22.9 Å². The van der Waals surface area contributed by atoms with Crippen molar-refractivity contribution in [3.8, 4) is 0 Å². The van der Waals surface area contributed by atoms with Crippen LogP contribution in [0.25, 0.3) is 0 Å². The van der Waals surface area contributed by atoms with Crippen LogP contribution in [-0.4, -0.2) is 24.4 Å². The largest absolute Gasteiger partial charge is 0.452 e. The summed E-state index contributed by atoms with van der Waals surface area (Å²) >= 11 is 7.09. The SMILES string of the molecule is NC(=O)c1c(NC(=O)COC(=O)c2c(F)cccc2Cl)sc2c1CCCC2.